The summed E-state index contributed by atoms with van der Waals surface area (Å²) in [7, 11) is 0. The molecule has 1 N–H and O–H groups in total. The van der Waals surface area contributed by atoms with Gasteiger partial charge in [0.25, 0.3) is 0 Å². The molecule has 1 heterocycles. The topological polar surface area (TPSA) is 12.0 Å². The van der Waals surface area contributed by atoms with Gasteiger partial charge in [-0.3, -0.25) is 0 Å². The molecule has 0 aromatic heterocycles. The first-order chi connectivity index (χ1) is 9.33. The lowest BCUT2D eigenvalue weighted by atomic mass is 9.90. The predicted molar refractivity (Wildman–Crippen MR) is 84.6 cm³/mol. The molecule has 2 heteroatoms. The summed E-state index contributed by atoms with van der Waals surface area (Å²) in [6.45, 7) is 2.41. The van der Waals surface area contributed by atoms with Gasteiger partial charge in [0, 0.05) is 4.47 Å². The Morgan fingerprint density at radius 2 is 1.95 bits per heavy atom. The molecule has 1 nitrogen and oxygen atoms in total. The summed E-state index contributed by atoms with van der Waals surface area (Å²) in [6, 6.07) is 7.13. The highest BCUT2D eigenvalue weighted by Gasteiger charge is 2.20. The van der Waals surface area contributed by atoms with E-state index in [4.69, 9.17) is 0 Å². The fraction of sp³-hybridized carbons (Fsp3) is 0.647. The summed E-state index contributed by atoms with van der Waals surface area (Å²) in [4.78, 5) is 0. The van der Waals surface area contributed by atoms with Crippen molar-refractivity contribution < 1.29 is 0 Å². The minimum absolute atomic E-state index is 0.805. The quantitative estimate of drug-likeness (QED) is 0.854. The van der Waals surface area contributed by atoms with E-state index in [2.05, 4.69) is 39.4 Å². The van der Waals surface area contributed by atoms with E-state index in [9.17, 15) is 0 Å². The predicted octanol–water partition coefficient (Wildman–Crippen LogP) is 4.65. The van der Waals surface area contributed by atoms with Gasteiger partial charge < -0.3 is 5.32 Å². The van der Waals surface area contributed by atoms with Crippen molar-refractivity contribution in [1.82, 2.24) is 5.32 Å². The van der Waals surface area contributed by atoms with Crippen molar-refractivity contribution >= 4 is 15.9 Å². The highest BCUT2D eigenvalue weighted by atomic mass is 79.9. The molecule has 1 aliphatic heterocycles. The maximum Gasteiger partial charge on any atom is 0.0212 e. The van der Waals surface area contributed by atoms with E-state index in [-0.39, 0.29) is 0 Å². The first kappa shape index (κ1) is 13.6. The third-order valence-corrected chi connectivity index (χ3v) is 5.47. The van der Waals surface area contributed by atoms with Gasteiger partial charge in [-0.1, -0.05) is 40.9 Å². The molecule has 3 rings (SSSR count). The molecule has 1 unspecified atom stereocenters. The highest BCUT2D eigenvalue weighted by Crippen LogP contribution is 2.38. The maximum absolute atomic E-state index is 3.81. The summed E-state index contributed by atoms with van der Waals surface area (Å²) >= 11 is 3.81. The second-order valence-electron chi connectivity index (χ2n) is 6.25. The van der Waals surface area contributed by atoms with Gasteiger partial charge in [0.1, 0.15) is 0 Å². The Hall–Kier alpha value is -0.340. The van der Waals surface area contributed by atoms with Crippen LogP contribution >= 0.6 is 15.9 Å². The molecule has 0 spiro atoms. The van der Waals surface area contributed by atoms with E-state index in [0.29, 0.717) is 0 Å². The van der Waals surface area contributed by atoms with Gasteiger partial charge in [-0.15, -0.1) is 0 Å². The Kier molecular flexibility index (Phi) is 4.60. The average molecular weight is 322 g/mol. The van der Waals surface area contributed by atoms with Gasteiger partial charge in [-0.25, -0.2) is 0 Å². The third kappa shape index (κ3) is 3.41. The highest BCUT2D eigenvalue weighted by molar-refractivity contribution is 9.10. The van der Waals surface area contributed by atoms with Crippen LogP contribution in [0, 0.1) is 5.92 Å². The van der Waals surface area contributed by atoms with Gasteiger partial charge in [-0.2, -0.15) is 0 Å². The minimum Gasteiger partial charge on any atom is -0.316 e. The molecule has 1 saturated carbocycles. The summed E-state index contributed by atoms with van der Waals surface area (Å²) in [5, 5.41) is 3.51. The average Bonchev–Trinajstić information content (AvgIpc) is 2.94. The fourth-order valence-electron chi connectivity index (χ4n) is 3.70. The lowest BCUT2D eigenvalue weighted by Gasteiger charge is -2.23. The molecule has 1 atom stereocenters. The maximum atomic E-state index is 3.81. The summed E-state index contributed by atoms with van der Waals surface area (Å²) in [5.74, 6) is 1.64. The molecule has 0 amide bonds. The van der Waals surface area contributed by atoms with Gasteiger partial charge in [0.05, 0.1) is 0 Å². The third-order valence-electron chi connectivity index (χ3n) is 4.78. The molecule has 1 aliphatic carbocycles. The first-order valence-electron chi connectivity index (χ1n) is 7.82. The van der Waals surface area contributed by atoms with Crippen LogP contribution in [-0.4, -0.2) is 13.1 Å². The second-order valence-corrected chi connectivity index (χ2v) is 7.11. The van der Waals surface area contributed by atoms with Crippen LogP contribution in [0.5, 0.6) is 0 Å². The van der Waals surface area contributed by atoms with E-state index in [1.54, 1.807) is 5.56 Å². The standard InChI is InChI=1S/C17H24BrN/c18-17-11-13(10-14-4-3-9-19-12-14)7-8-16(17)15-5-1-2-6-15/h7-8,11,14-15,19H,1-6,9-10,12H2. The van der Waals surface area contributed by atoms with Crippen molar-refractivity contribution in [3.63, 3.8) is 0 Å². The molecular weight excluding hydrogens is 298 g/mol. The second kappa shape index (κ2) is 6.41. The number of piperidine rings is 1. The van der Waals surface area contributed by atoms with E-state index < -0.39 is 0 Å². The molecule has 2 aliphatic rings. The summed E-state index contributed by atoms with van der Waals surface area (Å²) in [6.07, 6.45) is 9.53. The van der Waals surface area contributed by atoms with E-state index in [0.717, 1.165) is 11.8 Å². The molecule has 1 aromatic carbocycles. The summed E-state index contributed by atoms with van der Waals surface area (Å²) in [5.41, 5.74) is 3.05. The smallest absolute Gasteiger partial charge is 0.0212 e. The number of benzene rings is 1. The van der Waals surface area contributed by atoms with Crippen LogP contribution in [0.3, 0.4) is 0 Å². The number of halogens is 1. The monoisotopic (exact) mass is 321 g/mol. The van der Waals surface area contributed by atoms with Crippen LogP contribution in [-0.2, 0) is 6.42 Å². The Morgan fingerprint density at radius 3 is 2.63 bits per heavy atom. The Bertz CT molecular complexity index is 417. The molecule has 104 valence electrons. The van der Waals surface area contributed by atoms with Gasteiger partial charge >= 0.3 is 0 Å². The van der Waals surface area contributed by atoms with E-state index >= 15 is 0 Å². The SMILES string of the molecule is Brc1cc(CC2CCCNC2)ccc1C1CCCC1. The number of rotatable bonds is 3. The lowest BCUT2D eigenvalue weighted by molar-refractivity contribution is 0.376. The van der Waals surface area contributed by atoms with E-state index in [1.807, 2.05) is 0 Å². The van der Waals surface area contributed by atoms with E-state index in [1.165, 1.54) is 68.1 Å². The van der Waals surface area contributed by atoms with Crippen LogP contribution in [0.1, 0.15) is 55.6 Å². The van der Waals surface area contributed by atoms with Crippen LogP contribution in [0.4, 0.5) is 0 Å². The zero-order valence-electron chi connectivity index (χ0n) is 11.6. The molecule has 19 heavy (non-hydrogen) atoms. The Labute approximate surface area is 125 Å². The molecule has 1 aromatic rings. The van der Waals surface area contributed by atoms with Gasteiger partial charge in [-0.05, 0) is 74.2 Å². The molecular formula is C17H24BrN. The number of hydrogen-bond donors (Lipinski definition) is 1. The first-order valence-corrected chi connectivity index (χ1v) is 8.61. The molecule has 0 radical (unpaired) electrons. The van der Waals surface area contributed by atoms with Crippen LogP contribution in [0.15, 0.2) is 22.7 Å². The fourth-order valence-corrected chi connectivity index (χ4v) is 4.45. The van der Waals surface area contributed by atoms with Gasteiger partial charge in [0.15, 0.2) is 0 Å². The molecule has 0 bridgehead atoms. The van der Waals surface area contributed by atoms with Crippen molar-refractivity contribution in [2.75, 3.05) is 13.1 Å². The van der Waals surface area contributed by atoms with Gasteiger partial charge in [0.2, 0.25) is 0 Å². The number of nitrogens with one attached hydrogen (secondary N) is 1. The minimum atomic E-state index is 0.805. The molecule has 2 fully saturated rings. The number of hydrogen-bond acceptors (Lipinski definition) is 1. The molecule has 1 saturated heterocycles. The lowest BCUT2D eigenvalue weighted by Crippen LogP contribution is -2.30. The Balaban J connectivity index is 1.67. The van der Waals surface area contributed by atoms with Crippen LogP contribution in [0.2, 0.25) is 0 Å². The van der Waals surface area contributed by atoms with Crippen LogP contribution in [0.25, 0.3) is 0 Å². The van der Waals surface area contributed by atoms with Crippen molar-refractivity contribution in [3.8, 4) is 0 Å². The zero-order valence-corrected chi connectivity index (χ0v) is 13.2. The van der Waals surface area contributed by atoms with Crippen molar-refractivity contribution in [3.05, 3.63) is 33.8 Å². The normalized spacial score (nSPS) is 24.8. The largest absolute Gasteiger partial charge is 0.316 e. The van der Waals surface area contributed by atoms with Crippen molar-refractivity contribution in [1.29, 1.82) is 0 Å². The zero-order chi connectivity index (χ0) is 13.1. The van der Waals surface area contributed by atoms with Crippen molar-refractivity contribution in [2.45, 2.75) is 50.9 Å². The Morgan fingerprint density at radius 1 is 1.11 bits per heavy atom. The summed E-state index contributed by atoms with van der Waals surface area (Å²) < 4.78 is 1.35. The van der Waals surface area contributed by atoms with Crippen LogP contribution < -0.4 is 5.32 Å². The van der Waals surface area contributed by atoms with Crippen molar-refractivity contribution in [2.24, 2.45) is 5.92 Å².